The summed E-state index contributed by atoms with van der Waals surface area (Å²) in [6, 6.07) is 8.45. The van der Waals surface area contributed by atoms with Gasteiger partial charge in [0.05, 0.1) is 0 Å². The Labute approximate surface area is 125 Å². The van der Waals surface area contributed by atoms with E-state index >= 15 is 0 Å². The van der Waals surface area contributed by atoms with Gasteiger partial charge in [0, 0.05) is 29.4 Å². The molecule has 0 fully saturated rings. The van der Waals surface area contributed by atoms with Crippen molar-refractivity contribution in [2.45, 2.75) is 32.9 Å². The molecule has 1 N–H and O–H groups in total. The standard InChI is InChI=1S/C16H21N3S/c1-11-5-7-15(8-6-11)17-9-10-20-16-18-13(3)12(2)14(4)19-16/h5-8,17H,9-10H2,1-4H3. The maximum Gasteiger partial charge on any atom is 0.188 e. The topological polar surface area (TPSA) is 37.8 Å². The second-order valence-electron chi connectivity index (χ2n) is 4.94. The lowest BCUT2D eigenvalue weighted by Crippen LogP contribution is -2.05. The van der Waals surface area contributed by atoms with Gasteiger partial charge in [-0.25, -0.2) is 9.97 Å². The van der Waals surface area contributed by atoms with Crippen molar-refractivity contribution in [2.24, 2.45) is 0 Å². The lowest BCUT2D eigenvalue weighted by atomic mass is 10.2. The molecule has 0 spiro atoms. The average Bonchev–Trinajstić information content (AvgIpc) is 2.43. The van der Waals surface area contributed by atoms with Crippen molar-refractivity contribution in [3.8, 4) is 0 Å². The first-order chi connectivity index (χ1) is 9.56. The Morgan fingerprint density at radius 1 is 0.950 bits per heavy atom. The van der Waals surface area contributed by atoms with Crippen LogP contribution < -0.4 is 5.32 Å². The predicted octanol–water partition coefficient (Wildman–Crippen LogP) is 3.91. The molecule has 0 saturated heterocycles. The third kappa shape index (κ3) is 3.97. The summed E-state index contributed by atoms with van der Waals surface area (Å²) in [5.74, 6) is 0.954. The highest BCUT2D eigenvalue weighted by molar-refractivity contribution is 7.99. The summed E-state index contributed by atoms with van der Waals surface area (Å²) >= 11 is 1.70. The molecular formula is C16H21N3S. The minimum absolute atomic E-state index is 0.872. The van der Waals surface area contributed by atoms with Crippen LogP contribution in [0.25, 0.3) is 0 Å². The fourth-order valence-corrected chi connectivity index (χ4v) is 2.60. The van der Waals surface area contributed by atoms with Crippen molar-refractivity contribution in [2.75, 3.05) is 17.6 Å². The SMILES string of the molecule is Cc1ccc(NCCSc2nc(C)c(C)c(C)n2)cc1. The van der Waals surface area contributed by atoms with Crippen molar-refractivity contribution < 1.29 is 0 Å². The Bertz CT molecular complexity index is 556. The molecule has 4 heteroatoms. The summed E-state index contributed by atoms with van der Waals surface area (Å²) in [5, 5.41) is 4.28. The average molecular weight is 287 g/mol. The number of benzene rings is 1. The maximum atomic E-state index is 4.51. The van der Waals surface area contributed by atoms with Crippen molar-refractivity contribution in [1.29, 1.82) is 0 Å². The minimum Gasteiger partial charge on any atom is -0.384 e. The molecule has 20 heavy (non-hydrogen) atoms. The number of nitrogens with zero attached hydrogens (tertiary/aromatic N) is 2. The van der Waals surface area contributed by atoms with E-state index in [0.717, 1.165) is 34.5 Å². The molecule has 1 aromatic heterocycles. The molecule has 3 nitrogen and oxygen atoms in total. The summed E-state index contributed by atoms with van der Waals surface area (Å²) < 4.78 is 0. The van der Waals surface area contributed by atoms with E-state index in [4.69, 9.17) is 0 Å². The molecular weight excluding hydrogens is 266 g/mol. The highest BCUT2D eigenvalue weighted by atomic mass is 32.2. The van der Waals surface area contributed by atoms with Crippen molar-refractivity contribution in [3.05, 3.63) is 46.8 Å². The number of thioether (sulfide) groups is 1. The van der Waals surface area contributed by atoms with Gasteiger partial charge < -0.3 is 5.32 Å². The molecule has 1 heterocycles. The number of rotatable bonds is 5. The van der Waals surface area contributed by atoms with Gasteiger partial charge in [-0.2, -0.15) is 0 Å². The Hall–Kier alpha value is -1.55. The number of hydrogen-bond acceptors (Lipinski definition) is 4. The highest BCUT2D eigenvalue weighted by Gasteiger charge is 2.04. The van der Waals surface area contributed by atoms with Gasteiger partial charge in [0.15, 0.2) is 5.16 Å². The predicted molar refractivity (Wildman–Crippen MR) is 86.6 cm³/mol. The monoisotopic (exact) mass is 287 g/mol. The second-order valence-corrected chi connectivity index (χ2v) is 6.01. The van der Waals surface area contributed by atoms with Crippen LogP contribution in [0.1, 0.15) is 22.5 Å². The van der Waals surface area contributed by atoms with Gasteiger partial charge in [-0.3, -0.25) is 0 Å². The zero-order valence-electron chi connectivity index (χ0n) is 12.5. The van der Waals surface area contributed by atoms with Crippen LogP contribution in [0.4, 0.5) is 5.69 Å². The lowest BCUT2D eigenvalue weighted by Gasteiger charge is -2.08. The summed E-state index contributed by atoms with van der Waals surface area (Å²) in [5.41, 5.74) is 5.78. The van der Waals surface area contributed by atoms with E-state index in [1.807, 2.05) is 13.8 Å². The molecule has 0 aliphatic carbocycles. The Kier molecular flexibility index (Phi) is 5.01. The van der Waals surface area contributed by atoms with Crippen LogP contribution in [0.2, 0.25) is 0 Å². The van der Waals surface area contributed by atoms with E-state index in [1.54, 1.807) is 11.8 Å². The van der Waals surface area contributed by atoms with Gasteiger partial charge in [-0.05, 0) is 45.4 Å². The van der Waals surface area contributed by atoms with Crippen LogP contribution in [0, 0.1) is 27.7 Å². The van der Waals surface area contributed by atoms with Crippen LogP contribution in [-0.4, -0.2) is 22.3 Å². The van der Waals surface area contributed by atoms with Gasteiger partial charge in [0.25, 0.3) is 0 Å². The quantitative estimate of drug-likeness (QED) is 0.514. The van der Waals surface area contributed by atoms with Crippen LogP contribution in [0.3, 0.4) is 0 Å². The van der Waals surface area contributed by atoms with E-state index < -0.39 is 0 Å². The summed E-state index contributed by atoms with van der Waals surface area (Å²) in [7, 11) is 0. The Morgan fingerprint density at radius 3 is 2.15 bits per heavy atom. The maximum absolute atomic E-state index is 4.51. The first kappa shape index (κ1) is 14.9. The number of aryl methyl sites for hydroxylation is 3. The molecule has 0 aliphatic heterocycles. The van der Waals surface area contributed by atoms with Gasteiger partial charge in [-0.15, -0.1) is 0 Å². The molecule has 0 aliphatic rings. The number of nitrogens with one attached hydrogen (secondary N) is 1. The number of anilines is 1. The van der Waals surface area contributed by atoms with E-state index in [2.05, 4.69) is 53.4 Å². The highest BCUT2D eigenvalue weighted by Crippen LogP contribution is 2.17. The van der Waals surface area contributed by atoms with Crippen molar-refractivity contribution >= 4 is 17.4 Å². The number of hydrogen-bond donors (Lipinski definition) is 1. The summed E-state index contributed by atoms with van der Waals surface area (Å²) in [4.78, 5) is 9.03. The Balaban J connectivity index is 1.83. The van der Waals surface area contributed by atoms with Crippen LogP contribution in [0.5, 0.6) is 0 Å². The van der Waals surface area contributed by atoms with E-state index in [0.29, 0.717) is 0 Å². The fourth-order valence-electron chi connectivity index (χ4n) is 1.82. The zero-order chi connectivity index (χ0) is 14.5. The third-order valence-electron chi connectivity index (χ3n) is 3.33. The van der Waals surface area contributed by atoms with Crippen molar-refractivity contribution in [1.82, 2.24) is 9.97 Å². The smallest absolute Gasteiger partial charge is 0.188 e. The molecule has 0 amide bonds. The van der Waals surface area contributed by atoms with Crippen LogP contribution >= 0.6 is 11.8 Å². The summed E-state index contributed by atoms with van der Waals surface area (Å²) in [6.07, 6.45) is 0. The largest absolute Gasteiger partial charge is 0.384 e. The van der Waals surface area contributed by atoms with E-state index in [-0.39, 0.29) is 0 Å². The molecule has 106 valence electrons. The molecule has 0 bridgehead atoms. The molecule has 0 saturated carbocycles. The molecule has 2 aromatic rings. The van der Waals surface area contributed by atoms with Gasteiger partial charge in [0.2, 0.25) is 0 Å². The molecule has 2 rings (SSSR count). The lowest BCUT2D eigenvalue weighted by molar-refractivity contribution is 0.880. The normalized spacial score (nSPS) is 10.6. The summed E-state index contributed by atoms with van der Waals surface area (Å²) in [6.45, 7) is 9.15. The van der Waals surface area contributed by atoms with Crippen LogP contribution in [-0.2, 0) is 0 Å². The molecule has 0 atom stereocenters. The molecule has 0 unspecified atom stereocenters. The Morgan fingerprint density at radius 2 is 1.55 bits per heavy atom. The third-order valence-corrected chi connectivity index (χ3v) is 4.18. The van der Waals surface area contributed by atoms with E-state index in [9.17, 15) is 0 Å². The van der Waals surface area contributed by atoms with Crippen LogP contribution in [0.15, 0.2) is 29.4 Å². The first-order valence-electron chi connectivity index (χ1n) is 6.81. The minimum atomic E-state index is 0.872. The number of aromatic nitrogens is 2. The van der Waals surface area contributed by atoms with Crippen molar-refractivity contribution in [3.63, 3.8) is 0 Å². The fraction of sp³-hybridized carbons (Fsp3) is 0.375. The second kappa shape index (κ2) is 6.75. The first-order valence-corrected chi connectivity index (χ1v) is 7.80. The van der Waals surface area contributed by atoms with Gasteiger partial charge >= 0.3 is 0 Å². The molecule has 0 radical (unpaired) electrons. The molecule has 1 aromatic carbocycles. The van der Waals surface area contributed by atoms with E-state index in [1.165, 1.54) is 11.1 Å². The van der Waals surface area contributed by atoms with Gasteiger partial charge in [0.1, 0.15) is 0 Å². The van der Waals surface area contributed by atoms with Gasteiger partial charge in [-0.1, -0.05) is 29.5 Å². The zero-order valence-corrected chi connectivity index (χ0v) is 13.3.